The molecule has 3 amide bonds. The number of nitrogens with one attached hydrogen (secondary N) is 1. The van der Waals surface area contributed by atoms with E-state index in [0.29, 0.717) is 29.6 Å². The monoisotopic (exact) mass is 429 g/mol. The predicted octanol–water partition coefficient (Wildman–Crippen LogP) is 2.33. The van der Waals surface area contributed by atoms with Crippen molar-refractivity contribution in [3.63, 3.8) is 0 Å². The first-order chi connectivity index (χ1) is 14.7. The van der Waals surface area contributed by atoms with Gasteiger partial charge < -0.3 is 20.7 Å². The van der Waals surface area contributed by atoms with Gasteiger partial charge >= 0.3 is 5.97 Å². The molecular formula is C23H31N3O5. The highest BCUT2D eigenvalue weighted by Crippen LogP contribution is 2.36. The molecule has 0 aromatic heterocycles. The van der Waals surface area contributed by atoms with Gasteiger partial charge in [0.1, 0.15) is 0 Å². The van der Waals surface area contributed by atoms with E-state index < -0.39 is 29.8 Å². The van der Waals surface area contributed by atoms with Gasteiger partial charge in [0.05, 0.1) is 5.92 Å². The zero-order chi connectivity index (χ0) is 22.7. The van der Waals surface area contributed by atoms with Crippen LogP contribution in [0, 0.1) is 17.8 Å². The summed E-state index contributed by atoms with van der Waals surface area (Å²) < 4.78 is 5.36. The van der Waals surface area contributed by atoms with E-state index in [1.54, 1.807) is 12.1 Å². The van der Waals surface area contributed by atoms with E-state index in [-0.39, 0.29) is 18.4 Å². The van der Waals surface area contributed by atoms with Gasteiger partial charge in [0.25, 0.3) is 5.91 Å². The number of amides is 3. The topological polar surface area (TPSA) is 119 Å². The number of ether oxygens (including phenoxy) is 1. The Bertz CT molecular complexity index is 853. The Morgan fingerprint density at radius 2 is 1.84 bits per heavy atom. The highest BCUT2D eigenvalue weighted by molar-refractivity contribution is 5.97. The van der Waals surface area contributed by atoms with Gasteiger partial charge in [0.15, 0.2) is 6.10 Å². The maximum atomic E-state index is 12.6. The van der Waals surface area contributed by atoms with Gasteiger partial charge in [0, 0.05) is 30.3 Å². The van der Waals surface area contributed by atoms with Crippen LogP contribution >= 0.6 is 0 Å². The summed E-state index contributed by atoms with van der Waals surface area (Å²) in [5, 5.41) is 2.64. The Kier molecular flexibility index (Phi) is 6.97. The lowest BCUT2D eigenvalue weighted by atomic mass is 9.77. The molecule has 8 nitrogen and oxygen atoms in total. The number of hydrogen-bond donors (Lipinski definition) is 2. The average molecular weight is 430 g/mol. The van der Waals surface area contributed by atoms with E-state index in [2.05, 4.69) is 19.2 Å². The number of carbonyl (C=O) groups excluding carboxylic acids is 4. The lowest BCUT2D eigenvalue weighted by Gasteiger charge is -2.39. The maximum Gasteiger partial charge on any atom is 0.312 e. The van der Waals surface area contributed by atoms with Crippen molar-refractivity contribution in [1.29, 1.82) is 0 Å². The van der Waals surface area contributed by atoms with E-state index >= 15 is 0 Å². The normalized spacial score (nSPS) is 26.9. The minimum absolute atomic E-state index is 0.0143. The Labute approximate surface area is 182 Å². The molecule has 8 heteroatoms. The first-order valence-electron chi connectivity index (χ1n) is 10.9. The van der Waals surface area contributed by atoms with Crippen molar-refractivity contribution >= 4 is 29.4 Å². The molecule has 1 heterocycles. The zero-order valence-corrected chi connectivity index (χ0v) is 18.3. The summed E-state index contributed by atoms with van der Waals surface area (Å²) in [7, 11) is 0. The van der Waals surface area contributed by atoms with Gasteiger partial charge in [-0.15, -0.1) is 0 Å². The molecular weight excluding hydrogens is 398 g/mol. The van der Waals surface area contributed by atoms with Gasteiger partial charge in [-0.3, -0.25) is 19.2 Å². The number of rotatable bonds is 6. The standard InChI is InChI=1S/C23H31N3O5/c1-13-5-4-6-19(14(13)2)26-12-17(11-20(26)27)23(30)31-15(3)22(29)25-18-9-7-16(8-10-18)21(24)28/h7-10,13-15,17,19H,4-6,11-12H2,1-3H3,(H2,24,28)(H,25,29)/t13-,14+,15-,17+,19-/m0/s1. The lowest BCUT2D eigenvalue weighted by molar-refractivity contribution is -0.157. The minimum atomic E-state index is -1.01. The van der Waals surface area contributed by atoms with Crippen molar-refractivity contribution in [3.05, 3.63) is 29.8 Å². The van der Waals surface area contributed by atoms with Crippen molar-refractivity contribution in [2.45, 2.75) is 58.6 Å². The molecule has 0 unspecified atom stereocenters. The Balaban J connectivity index is 1.54. The van der Waals surface area contributed by atoms with Crippen LogP contribution in [0.25, 0.3) is 0 Å². The molecule has 0 bridgehead atoms. The van der Waals surface area contributed by atoms with Crippen LogP contribution in [0.4, 0.5) is 5.69 Å². The van der Waals surface area contributed by atoms with Crippen LogP contribution in [0.1, 0.15) is 56.8 Å². The molecule has 0 radical (unpaired) electrons. The summed E-state index contributed by atoms with van der Waals surface area (Å²) >= 11 is 0. The van der Waals surface area contributed by atoms with Crippen molar-refractivity contribution in [2.75, 3.05) is 11.9 Å². The van der Waals surface area contributed by atoms with E-state index in [4.69, 9.17) is 10.5 Å². The Morgan fingerprint density at radius 1 is 1.16 bits per heavy atom. The first kappa shape index (κ1) is 22.8. The number of benzene rings is 1. The third-order valence-corrected chi connectivity index (χ3v) is 6.66. The van der Waals surface area contributed by atoms with E-state index in [0.717, 1.165) is 12.8 Å². The summed E-state index contributed by atoms with van der Waals surface area (Å²) in [6.45, 7) is 6.23. The molecule has 3 rings (SSSR count). The fourth-order valence-electron chi connectivity index (χ4n) is 4.49. The molecule has 1 aromatic rings. The largest absolute Gasteiger partial charge is 0.452 e. The average Bonchev–Trinajstić information content (AvgIpc) is 3.12. The second-order valence-corrected chi connectivity index (χ2v) is 8.79. The maximum absolute atomic E-state index is 12.6. The van der Waals surface area contributed by atoms with Gasteiger partial charge in [-0.05, 0) is 49.4 Å². The minimum Gasteiger partial charge on any atom is -0.452 e. The van der Waals surface area contributed by atoms with Crippen LogP contribution in [-0.2, 0) is 19.1 Å². The van der Waals surface area contributed by atoms with Crippen LogP contribution in [0.3, 0.4) is 0 Å². The number of esters is 1. The third-order valence-electron chi connectivity index (χ3n) is 6.66. The second kappa shape index (κ2) is 9.49. The fraction of sp³-hybridized carbons (Fsp3) is 0.565. The number of primary amides is 1. The van der Waals surface area contributed by atoms with Crippen molar-refractivity contribution in [3.8, 4) is 0 Å². The summed E-state index contributed by atoms with van der Waals surface area (Å²) in [6, 6.07) is 6.26. The van der Waals surface area contributed by atoms with Crippen molar-refractivity contribution in [2.24, 2.45) is 23.5 Å². The number of anilines is 1. The van der Waals surface area contributed by atoms with Crippen LogP contribution in [0.2, 0.25) is 0 Å². The van der Waals surface area contributed by atoms with Gasteiger partial charge in [-0.1, -0.05) is 26.7 Å². The van der Waals surface area contributed by atoms with Gasteiger partial charge in [-0.25, -0.2) is 0 Å². The third kappa shape index (κ3) is 5.24. The van der Waals surface area contributed by atoms with Crippen molar-refractivity contribution in [1.82, 2.24) is 4.90 Å². The SMILES string of the molecule is C[C@@H]1[C@@H](C)CCC[C@@H]1N1C[C@H](C(=O)O[C@@H](C)C(=O)Nc2ccc(C(N)=O)cc2)CC1=O. The van der Waals surface area contributed by atoms with E-state index in [1.807, 2.05) is 4.90 Å². The number of nitrogens with two attached hydrogens (primary N) is 1. The van der Waals surface area contributed by atoms with Gasteiger partial charge in [0.2, 0.25) is 11.8 Å². The van der Waals surface area contributed by atoms with Crippen LogP contribution in [-0.4, -0.2) is 47.3 Å². The number of carbonyl (C=O) groups is 4. The van der Waals surface area contributed by atoms with Crippen molar-refractivity contribution < 1.29 is 23.9 Å². The number of likely N-dealkylation sites (tertiary alicyclic amines) is 1. The summed E-state index contributed by atoms with van der Waals surface area (Å²) in [5.41, 5.74) is 5.99. The molecule has 3 N–H and O–H groups in total. The molecule has 2 aliphatic rings. The van der Waals surface area contributed by atoms with Crippen LogP contribution in [0.15, 0.2) is 24.3 Å². The number of hydrogen-bond acceptors (Lipinski definition) is 5. The second-order valence-electron chi connectivity index (χ2n) is 8.79. The molecule has 1 aromatic carbocycles. The summed E-state index contributed by atoms with van der Waals surface area (Å²) in [4.78, 5) is 50.5. The van der Waals surface area contributed by atoms with Gasteiger partial charge in [-0.2, -0.15) is 0 Å². The summed E-state index contributed by atoms with van der Waals surface area (Å²) in [6.07, 6.45) is 2.34. The molecule has 0 spiro atoms. The molecule has 2 fully saturated rings. The molecule has 1 saturated heterocycles. The fourth-order valence-corrected chi connectivity index (χ4v) is 4.49. The molecule has 168 valence electrons. The Morgan fingerprint density at radius 3 is 2.48 bits per heavy atom. The van der Waals surface area contributed by atoms with Crippen LogP contribution in [0.5, 0.6) is 0 Å². The smallest absolute Gasteiger partial charge is 0.312 e. The quantitative estimate of drug-likeness (QED) is 0.673. The highest BCUT2D eigenvalue weighted by atomic mass is 16.5. The first-order valence-corrected chi connectivity index (χ1v) is 10.9. The van der Waals surface area contributed by atoms with Crippen LogP contribution < -0.4 is 11.1 Å². The molecule has 1 saturated carbocycles. The predicted molar refractivity (Wildman–Crippen MR) is 115 cm³/mol. The molecule has 1 aliphatic heterocycles. The molecule has 1 aliphatic carbocycles. The highest BCUT2D eigenvalue weighted by Gasteiger charge is 2.42. The zero-order valence-electron chi connectivity index (χ0n) is 18.3. The lowest BCUT2D eigenvalue weighted by Crippen LogP contribution is -2.45. The summed E-state index contributed by atoms with van der Waals surface area (Å²) in [5.74, 6) is -1.19. The molecule has 5 atom stereocenters. The van der Waals surface area contributed by atoms with E-state index in [1.165, 1.54) is 25.5 Å². The molecule has 31 heavy (non-hydrogen) atoms. The Hall–Kier alpha value is -2.90. The number of nitrogens with zero attached hydrogens (tertiary/aromatic N) is 1. The van der Waals surface area contributed by atoms with E-state index in [9.17, 15) is 19.2 Å².